The average Bonchev–Trinajstić information content (AvgIpc) is 2.76. The molecule has 0 bridgehead atoms. The van der Waals surface area contributed by atoms with Gasteiger partial charge in [-0.15, -0.1) is 0 Å². The Hall–Kier alpha value is -2.25. The van der Waals surface area contributed by atoms with E-state index in [9.17, 15) is 19.4 Å². The molecule has 0 radical (unpaired) electrons. The highest BCUT2D eigenvalue weighted by atomic mass is 35.5. The van der Waals surface area contributed by atoms with Gasteiger partial charge in [0.05, 0.1) is 0 Å². The third-order valence-electron chi connectivity index (χ3n) is 5.74. The second kappa shape index (κ2) is 10.6. The number of ether oxygens (including phenoxy) is 1. The molecule has 1 fully saturated rings. The van der Waals surface area contributed by atoms with Gasteiger partial charge >= 0.3 is 5.97 Å². The van der Waals surface area contributed by atoms with E-state index in [2.05, 4.69) is 10.3 Å². The summed E-state index contributed by atoms with van der Waals surface area (Å²) in [5.41, 5.74) is 0.640. The molecule has 2 aromatic rings. The van der Waals surface area contributed by atoms with Crippen molar-refractivity contribution in [3.8, 4) is 17.2 Å². The van der Waals surface area contributed by atoms with Crippen molar-refractivity contribution in [2.45, 2.75) is 64.3 Å². The lowest BCUT2D eigenvalue weighted by atomic mass is 9.85. The average molecular weight is 485 g/mol. The predicted molar refractivity (Wildman–Crippen MR) is 123 cm³/mol. The molecule has 1 saturated carbocycles. The van der Waals surface area contributed by atoms with E-state index in [0.717, 1.165) is 32.1 Å². The highest BCUT2D eigenvalue weighted by Gasteiger charge is 2.27. The van der Waals surface area contributed by atoms with Gasteiger partial charge < -0.3 is 20.3 Å². The molecule has 174 valence electrons. The molecule has 1 heterocycles. The zero-order valence-electron chi connectivity index (χ0n) is 18.0. The van der Waals surface area contributed by atoms with Crippen molar-refractivity contribution in [2.24, 2.45) is 5.92 Å². The number of benzene rings is 1. The number of hydrogen-bond acceptors (Lipinski definition) is 5. The van der Waals surface area contributed by atoms with E-state index in [4.69, 9.17) is 27.9 Å². The molecule has 6 nitrogen and oxygen atoms in total. The summed E-state index contributed by atoms with van der Waals surface area (Å²) in [5, 5.41) is 21.9. The normalized spacial score (nSPS) is 15.6. The quantitative estimate of drug-likeness (QED) is 0.349. The number of nitrogens with zero attached hydrogens (tertiary/aromatic N) is 1. The third kappa shape index (κ3) is 5.75. The first kappa shape index (κ1) is 24.4. The molecule has 3 N–H and O–H groups in total. The van der Waals surface area contributed by atoms with Gasteiger partial charge in [0, 0.05) is 5.56 Å². The van der Waals surface area contributed by atoms with Crippen LogP contribution in [0.4, 0.5) is 10.2 Å². The molecule has 0 saturated heterocycles. The van der Waals surface area contributed by atoms with Crippen molar-refractivity contribution < 1.29 is 24.1 Å². The number of aliphatic carboxylic acids is 1. The Bertz CT molecular complexity index is 981. The maximum atomic E-state index is 14.5. The molecule has 32 heavy (non-hydrogen) atoms. The van der Waals surface area contributed by atoms with Crippen molar-refractivity contribution in [2.75, 3.05) is 5.32 Å². The summed E-state index contributed by atoms with van der Waals surface area (Å²) in [6.45, 7) is 3.82. The minimum Gasteiger partial charge on any atom is -0.508 e. The van der Waals surface area contributed by atoms with Crippen LogP contribution in [0.3, 0.4) is 0 Å². The second-order valence-electron chi connectivity index (χ2n) is 8.46. The summed E-state index contributed by atoms with van der Waals surface area (Å²) in [7, 11) is 0. The van der Waals surface area contributed by atoms with Crippen LogP contribution in [0.25, 0.3) is 0 Å². The van der Waals surface area contributed by atoms with Gasteiger partial charge in [-0.3, -0.25) is 0 Å². The highest BCUT2D eigenvalue weighted by molar-refractivity contribution is 6.38. The molecule has 9 heteroatoms. The fourth-order valence-corrected chi connectivity index (χ4v) is 4.45. The number of carbonyl (C=O) groups is 1. The van der Waals surface area contributed by atoms with Crippen LogP contribution >= 0.6 is 23.2 Å². The lowest BCUT2D eigenvalue weighted by Gasteiger charge is -2.25. The lowest BCUT2D eigenvalue weighted by molar-refractivity contribution is -0.138. The zero-order valence-corrected chi connectivity index (χ0v) is 19.5. The smallest absolute Gasteiger partial charge is 0.326 e. The van der Waals surface area contributed by atoms with E-state index in [1.807, 2.05) is 13.8 Å². The van der Waals surface area contributed by atoms with Crippen molar-refractivity contribution >= 4 is 35.0 Å². The second-order valence-corrected chi connectivity index (χ2v) is 9.22. The fraction of sp³-hybridized carbons (Fsp3) is 0.478. The molecule has 0 unspecified atom stereocenters. The molecule has 3 rings (SSSR count). The van der Waals surface area contributed by atoms with Gasteiger partial charge in [-0.1, -0.05) is 69.2 Å². The Balaban J connectivity index is 1.88. The maximum Gasteiger partial charge on any atom is 0.326 e. The number of aromatic hydroxyl groups is 1. The Morgan fingerprint density at radius 3 is 2.56 bits per heavy atom. The van der Waals surface area contributed by atoms with E-state index in [1.54, 1.807) is 6.07 Å². The first-order valence-electron chi connectivity index (χ1n) is 10.7. The standard InChI is InChI=1S/C23H27Cl2FN2O4/c1-12(2)15-11-14(8-9-17(15)29)32-20-18(24)21(26)28-22(19(20)25)27-16(23(30)31)10-13-6-4-3-5-7-13/h8-9,11-13,16,29H,3-7,10H2,1-2H3,(H,27,28)(H,30,31)/t16-/m0/s1. The molecular weight excluding hydrogens is 458 g/mol. The highest BCUT2D eigenvalue weighted by Crippen LogP contribution is 2.42. The summed E-state index contributed by atoms with van der Waals surface area (Å²) in [5.74, 6) is -1.71. The largest absolute Gasteiger partial charge is 0.508 e. The summed E-state index contributed by atoms with van der Waals surface area (Å²) >= 11 is 12.5. The monoisotopic (exact) mass is 484 g/mol. The van der Waals surface area contributed by atoms with E-state index in [0.29, 0.717) is 17.7 Å². The number of carboxylic acids is 1. The first-order valence-corrected chi connectivity index (χ1v) is 11.5. The molecule has 1 aromatic carbocycles. The molecule has 1 aliphatic rings. The number of carboxylic acid groups (broad SMARTS) is 1. The topological polar surface area (TPSA) is 91.7 Å². The minimum atomic E-state index is -1.06. The minimum absolute atomic E-state index is 0.0204. The number of halogens is 3. The van der Waals surface area contributed by atoms with Crippen LogP contribution in [0.15, 0.2) is 18.2 Å². The number of phenolic OH excluding ortho intramolecular Hbond substituents is 1. The van der Waals surface area contributed by atoms with Gasteiger partial charge in [0.15, 0.2) is 11.6 Å². The number of anilines is 1. The van der Waals surface area contributed by atoms with Gasteiger partial charge in [0.1, 0.15) is 27.6 Å². The summed E-state index contributed by atoms with van der Waals surface area (Å²) in [6, 6.07) is 3.61. The van der Waals surface area contributed by atoms with Crippen LogP contribution in [-0.2, 0) is 4.79 Å². The molecule has 0 amide bonds. The summed E-state index contributed by atoms with van der Waals surface area (Å²) in [6.07, 6.45) is 5.64. The Kier molecular flexibility index (Phi) is 8.06. The molecule has 1 aromatic heterocycles. The predicted octanol–water partition coefficient (Wildman–Crippen LogP) is 6.98. The number of rotatable bonds is 8. The van der Waals surface area contributed by atoms with Crippen molar-refractivity contribution in [1.29, 1.82) is 0 Å². The van der Waals surface area contributed by atoms with Crippen molar-refractivity contribution in [1.82, 2.24) is 4.98 Å². The van der Waals surface area contributed by atoms with E-state index in [1.165, 1.54) is 12.1 Å². The van der Waals surface area contributed by atoms with Crippen LogP contribution in [-0.4, -0.2) is 27.2 Å². The SMILES string of the molecule is CC(C)c1cc(Oc2c(Cl)c(F)nc(N[C@@H](CC3CCCCC3)C(=O)O)c2Cl)ccc1O. The molecule has 1 aliphatic carbocycles. The van der Waals surface area contributed by atoms with Gasteiger partial charge in [-0.05, 0) is 36.5 Å². The van der Waals surface area contributed by atoms with E-state index >= 15 is 0 Å². The number of phenols is 1. The molecule has 0 aliphatic heterocycles. The number of pyridine rings is 1. The summed E-state index contributed by atoms with van der Waals surface area (Å²) < 4.78 is 20.3. The van der Waals surface area contributed by atoms with Crippen LogP contribution in [0, 0.1) is 11.9 Å². The maximum absolute atomic E-state index is 14.5. The Morgan fingerprint density at radius 2 is 1.94 bits per heavy atom. The van der Waals surface area contributed by atoms with Gasteiger partial charge in [0.25, 0.3) is 0 Å². The number of hydrogen-bond donors (Lipinski definition) is 3. The van der Waals surface area contributed by atoms with Crippen molar-refractivity contribution in [3.05, 3.63) is 39.8 Å². The Morgan fingerprint density at radius 1 is 1.25 bits per heavy atom. The van der Waals surface area contributed by atoms with Crippen LogP contribution in [0.2, 0.25) is 10.0 Å². The lowest BCUT2D eigenvalue weighted by Crippen LogP contribution is -2.32. The zero-order chi connectivity index (χ0) is 23.4. The Labute approximate surface area is 196 Å². The molecule has 0 spiro atoms. The summed E-state index contributed by atoms with van der Waals surface area (Å²) in [4.78, 5) is 15.6. The van der Waals surface area contributed by atoms with Crippen LogP contribution in [0.1, 0.15) is 63.9 Å². The van der Waals surface area contributed by atoms with Gasteiger partial charge in [-0.25, -0.2) is 4.79 Å². The number of aromatic nitrogens is 1. The van der Waals surface area contributed by atoms with E-state index < -0.39 is 23.0 Å². The number of nitrogens with one attached hydrogen (secondary N) is 1. The first-order chi connectivity index (χ1) is 15.2. The van der Waals surface area contributed by atoms with Gasteiger partial charge in [-0.2, -0.15) is 9.37 Å². The van der Waals surface area contributed by atoms with Crippen LogP contribution < -0.4 is 10.1 Å². The van der Waals surface area contributed by atoms with Crippen molar-refractivity contribution in [3.63, 3.8) is 0 Å². The van der Waals surface area contributed by atoms with Crippen LogP contribution in [0.5, 0.6) is 17.2 Å². The molecular formula is C23H27Cl2FN2O4. The van der Waals surface area contributed by atoms with E-state index in [-0.39, 0.29) is 34.2 Å². The van der Waals surface area contributed by atoms with Gasteiger partial charge in [0.2, 0.25) is 5.95 Å². The third-order valence-corrected chi connectivity index (χ3v) is 6.42. The fourth-order valence-electron chi connectivity index (χ4n) is 4.00. The molecule has 1 atom stereocenters.